The van der Waals surface area contributed by atoms with Crippen molar-refractivity contribution in [2.75, 3.05) is 19.9 Å². The standard InChI is InChI=1S/C15H20N4O7S/c1-24-15-11(18-14(21)9-6-4-3-5-7-9)13(26-27(2,22)23)12(20)10(25-15)8-17-19-16/h3-7,10-13,15,20H,8H2,1-2H3,(H,18,21)/t10-,11-,12+,13+,15-/m0/s1. The predicted molar refractivity (Wildman–Crippen MR) is 93.1 cm³/mol. The summed E-state index contributed by atoms with van der Waals surface area (Å²) in [5, 5.41) is 16.4. The molecule has 1 fully saturated rings. The molecule has 0 bridgehead atoms. The Morgan fingerprint density at radius 3 is 2.63 bits per heavy atom. The maximum atomic E-state index is 12.5. The number of amides is 1. The molecule has 0 spiro atoms. The van der Waals surface area contributed by atoms with Crippen molar-refractivity contribution in [2.45, 2.75) is 30.6 Å². The quantitative estimate of drug-likeness (QED) is 0.285. The Morgan fingerprint density at radius 1 is 1.41 bits per heavy atom. The molecule has 1 saturated heterocycles. The summed E-state index contributed by atoms with van der Waals surface area (Å²) in [6.07, 6.45) is -4.33. The van der Waals surface area contributed by atoms with Gasteiger partial charge in [-0.05, 0) is 17.7 Å². The number of nitrogens with one attached hydrogen (secondary N) is 1. The van der Waals surface area contributed by atoms with E-state index in [4.69, 9.17) is 19.2 Å². The zero-order chi connectivity index (χ0) is 20.0. The van der Waals surface area contributed by atoms with Crippen LogP contribution in [0.1, 0.15) is 10.4 Å². The summed E-state index contributed by atoms with van der Waals surface area (Å²) in [7, 11) is -2.71. The van der Waals surface area contributed by atoms with E-state index in [2.05, 4.69) is 15.3 Å². The van der Waals surface area contributed by atoms with E-state index >= 15 is 0 Å². The second-order valence-corrected chi connectivity index (χ2v) is 7.41. The van der Waals surface area contributed by atoms with E-state index in [9.17, 15) is 18.3 Å². The molecule has 148 valence electrons. The Bertz CT molecular complexity index is 798. The van der Waals surface area contributed by atoms with Crippen LogP contribution < -0.4 is 5.32 Å². The number of aliphatic hydroxyl groups excluding tert-OH is 1. The average Bonchev–Trinajstić information content (AvgIpc) is 2.63. The third kappa shape index (κ3) is 5.63. The Morgan fingerprint density at radius 2 is 2.07 bits per heavy atom. The summed E-state index contributed by atoms with van der Waals surface area (Å²) < 4.78 is 39.0. The first kappa shape index (κ1) is 21.1. The number of carbonyl (C=O) groups excluding carboxylic acids is 1. The van der Waals surface area contributed by atoms with Crippen LogP contribution in [0.5, 0.6) is 0 Å². The molecule has 0 aromatic heterocycles. The number of aliphatic hydroxyl groups is 1. The van der Waals surface area contributed by atoms with Crippen LogP contribution in [0.2, 0.25) is 0 Å². The predicted octanol–water partition coefficient (Wildman–Crippen LogP) is 0.172. The molecule has 1 heterocycles. The molecule has 0 aliphatic carbocycles. The van der Waals surface area contributed by atoms with Gasteiger partial charge < -0.3 is 19.9 Å². The second-order valence-electron chi connectivity index (χ2n) is 5.81. The van der Waals surface area contributed by atoms with Gasteiger partial charge in [0, 0.05) is 17.6 Å². The van der Waals surface area contributed by atoms with Gasteiger partial charge in [0.25, 0.3) is 16.0 Å². The van der Waals surface area contributed by atoms with Gasteiger partial charge in [-0.25, -0.2) is 0 Å². The van der Waals surface area contributed by atoms with Gasteiger partial charge in [0.05, 0.1) is 18.9 Å². The fourth-order valence-electron chi connectivity index (χ4n) is 2.68. The first-order valence-electron chi connectivity index (χ1n) is 7.88. The van der Waals surface area contributed by atoms with E-state index in [0.29, 0.717) is 5.56 Å². The molecule has 5 atom stereocenters. The third-order valence-electron chi connectivity index (χ3n) is 3.85. The molecule has 1 aliphatic heterocycles. The Labute approximate surface area is 156 Å². The Hall–Kier alpha value is -2.21. The Kier molecular flexibility index (Phi) is 7.13. The summed E-state index contributed by atoms with van der Waals surface area (Å²) in [5.74, 6) is -0.533. The van der Waals surface area contributed by atoms with Crippen LogP contribution in [0, 0.1) is 0 Å². The van der Waals surface area contributed by atoms with Crippen molar-refractivity contribution in [2.24, 2.45) is 5.11 Å². The highest BCUT2D eigenvalue weighted by Crippen LogP contribution is 2.26. The minimum Gasteiger partial charge on any atom is -0.388 e. The fourth-order valence-corrected chi connectivity index (χ4v) is 3.32. The molecule has 27 heavy (non-hydrogen) atoms. The van der Waals surface area contributed by atoms with E-state index in [1.54, 1.807) is 30.3 Å². The van der Waals surface area contributed by atoms with Gasteiger partial charge in [0.1, 0.15) is 18.2 Å². The monoisotopic (exact) mass is 400 g/mol. The Balaban J connectivity index is 2.31. The lowest BCUT2D eigenvalue weighted by molar-refractivity contribution is -0.247. The molecule has 11 nitrogen and oxygen atoms in total. The molecule has 0 radical (unpaired) electrons. The minimum absolute atomic E-state index is 0.277. The molecular weight excluding hydrogens is 380 g/mol. The number of methoxy groups -OCH3 is 1. The maximum Gasteiger partial charge on any atom is 0.264 e. The van der Waals surface area contributed by atoms with Crippen LogP contribution in [-0.4, -0.2) is 70.0 Å². The molecule has 2 N–H and O–H groups in total. The van der Waals surface area contributed by atoms with E-state index in [1.165, 1.54) is 7.11 Å². The molecule has 1 aliphatic rings. The molecular formula is C15H20N4O7S. The smallest absolute Gasteiger partial charge is 0.264 e. The lowest BCUT2D eigenvalue weighted by atomic mass is 9.96. The summed E-state index contributed by atoms with van der Waals surface area (Å²) in [4.78, 5) is 15.1. The topological polar surface area (TPSA) is 160 Å². The third-order valence-corrected chi connectivity index (χ3v) is 4.42. The van der Waals surface area contributed by atoms with E-state index < -0.39 is 46.7 Å². The first-order valence-corrected chi connectivity index (χ1v) is 9.70. The SMILES string of the molecule is CO[C@H]1O[C@@H](CN=[N+]=[N-])[C@@H](O)[C@H](OS(C)(=O)=O)[C@@H]1NC(=O)c1ccccc1. The van der Waals surface area contributed by atoms with Crippen LogP contribution in [0.15, 0.2) is 35.4 Å². The van der Waals surface area contributed by atoms with Gasteiger partial charge in [-0.3, -0.25) is 8.98 Å². The lowest BCUT2D eigenvalue weighted by Crippen LogP contribution is -2.65. The number of azide groups is 1. The number of rotatable bonds is 7. The van der Waals surface area contributed by atoms with Crippen molar-refractivity contribution in [3.05, 3.63) is 46.3 Å². The van der Waals surface area contributed by atoms with Crippen molar-refractivity contribution in [1.29, 1.82) is 0 Å². The van der Waals surface area contributed by atoms with Crippen LogP contribution in [0.4, 0.5) is 0 Å². The normalized spacial score (nSPS) is 28.2. The number of carbonyl (C=O) groups is 1. The summed E-state index contributed by atoms with van der Waals surface area (Å²) >= 11 is 0. The maximum absolute atomic E-state index is 12.5. The summed E-state index contributed by atoms with van der Waals surface area (Å²) in [6, 6.07) is 7.04. The minimum atomic E-state index is -3.99. The van der Waals surface area contributed by atoms with Crippen molar-refractivity contribution in [3.8, 4) is 0 Å². The van der Waals surface area contributed by atoms with Crippen molar-refractivity contribution >= 4 is 16.0 Å². The summed E-state index contributed by atoms with van der Waals surface area (Å²) in [6.45, 7) is -0.277. The van der Waals surface area contributed by atoms with E-state index in [-0.39, 0.29) is 6.54 Å². The molecule has 1 aromatic rings. The van der Waals surface area contributed by atoms with Gasteiger partial charge in [-0.2, -0.15) is 8.42 Å². The van der Waals surface area contributed by atoms with Crippen molar-refractivity contribution < 1.29 is 32.0 Å². The molecule has 1 amide bonds. The zero-order valence-electron chi connectivity index (χ0n) is 14.6. The molecule has 0 saturated carbocycles. The molecule has 12 heteroatoms. The summed E-state index contributed by atoms with van der Waals surface area (Å²) in [5.41, 5.74) is 8.78. The van der Waals surface area contributed by atoms with Crippen LogP contribution in [0.3, 0.4) is 0 Å². The van der Waals surface area contributed by atoms with Crippen molar-refractivity contribution in [1.82, 2.24) is 5.32 Å². The first-order chi connectivity index (χ1) is 12.8. The highest BCUT2D eigenvalue weighted by molar-refractivity contribution is 7.86. The fraction of sp³-hybridized carbons (Fsp3) is 0.533. The number of hydrogen-bond donors (Lipinski definition) is 2. The average molecular weight is 400 g/mol. The van der Waals surface area contributed by atoms with Crippen molar-refractivity contribution in [3.63, 3.8) is 0 Å². The van der Waals surface area contributed by atoms with Gasteiger partial charge in [0.2, 0.25) is 0 Å². The van der Waals surface area contributed by atoms with Crippen LogP contribution in [-0.2, 0) is 23.8 Å². The largest absolute Gasteiger partial charge is 0.388 e. The van der Waals surface area contributed by atoms with Crippen LogP contribution >= 0.6 is 0 Å². The van der Waals surface area contributed by atoms with Gasteiger partial charge in [-0.1, -0.05) is 23.3 Å². The zero-order valence-corrected chi connectivity index (χ0v) is 15.4. The molecule has 0 unspecified atom stereocenters. The highest BCUT2D eigenvalue weighted by Gasteiger charge is 2.48. The second kappa shape index (κ2) is 9.13. The molecule has 2 rings (SSSR count). The number of ether oxygens (including phenoxy) is 2. The van der Waals surface area contributed by atoms with E-state index in [1.807, 2.05) is 0 Å². The molecule has 1 aromatic carbocycles. The highest BCUT2D eigenvalue weighted by atomic mass is 32.2. The number of benzene rings is 1. The van der Waals surface area contributed by atoms with Gasteiger partial charge in [-0.15, -0.1) is 0 Å². The van der Waals surface area contributed by atoms with E-state index in [0.717, 1.165) is 6.26 Å². The lowest BCUT2D eigenvalue weighted by Gasteiger charge is -2.43. The number of hydrogen-bond acceptors (Lipinski definition) is 8. The van der Waals surface area contributed by atoms with Gasteiger partial charge in [0.15, 0.2) is 6.29 Å². The van der Waals surface area contributed by atoms with Gasteiger partial charge >= 0.3 is 0 Å². The van der Waals surface area contributed by atoms with Crippen LogP contribution in [0.25, 0.3) is 10.4 Å². The number of nitrogens with zero attached hydrogens (tertiary/aromatic N) is 3.